The molecular weight excluding hydrogens is 350 g/mol. The predicted molar refractivity (Wildman–Crippen MR) is 99.3 cm³/mol. The topological polar surface area (TPSA) is 79.4 Å². The van der Waals surface area contributed by atoms with Crippen molar-refractivity contribution in [2.45, 2.75) is 12.8 Å². The molecule has 1 aliphatic rings. The Morgan fingerprint density at radius 1 is 1.00 bits per heavy atom. The predicted octanol–water partition coefficient (Wildman–Crippen LogP) is 3.31. The van der Waals surface area contributed by atoms with Crippen molar-refractivity contribution >= 4 is 44.4 Å². The Balaban J connectivity index is 1.33. The molecule has 0 radical (unpaired) electrons. The van der Waals surface area contributed by atoms with Gasteiger partial charge in [0.25, 0.3) is 11.8 Å². The van der Waals surface area contributed by atoms with Gasteiger partial charge in [-0.2, -0.15) is 0 Å². The molecule has 0 bridgehead atoms. The first-order valence-corrected chi connectivity index (χ1v) is 9.06. The summed E-state index contributed by atoms with van der Waals surface area (Å²) < 4.78 is 1.01. The number of imide groups is 1. The minimum Gasteiger partial charge on any atom is -0.302 e. The number of carbonyl (C=O) groups is 3. The molecule has 7 heteroatoms. The third-order valence-corrected chi connectivity index (χ3v) is 5.16. The molecule has 0 saturated heterocycles. The number of hydrogen-bond donors (Lipinski definition) is 1. The summed E-state index contributed by atoms with van der Waals surface area (Å²) in [5.41, 5.74) is 1.70. The normalized spacial score (nSPS) is 13.3. The molecule has 3 aromatic rings. The van der Waals surface area contributed by atoms with Crippen molar-refractivity contribution in [1.29, 1.82) is 0 Å². The van der Waals surface area contributed by atoms with Crippen LogP contribution in [0.1, 0.15) is 33.6 Å². The maximum Gasteiger partial charge on any atom is 0.261 e. The van der Waals surface area contributed by atoms with E-state index in [-0.39, 0.29) is 30.7 Å². The van der Waals surface area contributed by atoms with Crippen molar-refractivity contribution in [2.24, 2.45) is 0 Å². The minimum absolute atomic E-state index is 0.180. The molecule has 0 atom stereocenters. The van der Waals surface area contributed by atoms with Crippen LogP contribution < -0.4 is 5.32 Å². The fraction of sp³-hybridized carbons (Fsp3) is 0.158. The van der Waals surface area contributed by atoms with Crippen LogP contribution in [-0.4, -0.2) is 34.2 Å². The molecule has 0 aliphatic carbocycles. The van der Waals surface area contributed by atoms with E-state index < -0.39 is 0 Å². The van der Waals surface area contributed by atoms with Gasteiger partial charge < -0.3 is 5.32 Å². The highest BCUT2D eigenvalue weighted by Crippen LogP contribution is 2.26. The number of carbonyl (C=O) groups excluding carboxylic acids is 3. The van der Waals surface area contributed by atoms with Crippen LogP contribution >= 0.6 is 11.3 Å². The first-order chi connectivity index (χ1) is 12.6. The maximum atomic E-state index is 12.3. The second-order valence-corrected chi connectivity index (χ2v) is 6.98. The molecule has 2 aromatic carbocycles. The van der Waals surface area contributed by atoms with Crippen LogP contribution in [0.15, 0.2) is 48.5 Å². The van der Waals surface area contributed by atoms with E-state index in [2.05, 4.69) is 10.3 Å². The highest BCUT2D eigenvalue weighted by molar-refractivity contribution is 7.22. The Morgan fingerprint density at radius 3 is 2.35 bits per heavy atom. The molecule has 4 rings (SSSR count). The minimum atomic E-state index is -0.294. The summed E-state index contributed by atoms with van der Waals surface area (Å²) in [7, 11) is 0. The van der Waals surface area contributed by atoms with E-state index in [4.69, 9.17) is 0 Å². The van der Waals surface area contributed by atoms with Crippen LogP contribution in [0.2, 0.25) is 0 Å². The highest BCUT2D eigenvalue weighted by Gasteiger charge is 2.34. The molecule has 3 amide bonds. The van der Waals surface area contributed by atoms with Crippen LogP contribution in [0.3, 0.4) is 0 Å². The van der Waals surface area contributed by atoms with Gasteiger partial charge >= 0.3 is 0 Å². The number of nitrogens with zero attached hydrogens (tertiary/aromatic N) is 2. The highest BCUT2D eigenvalue weighted by atomic mass is 32.1. The Hall–Kier alpha value is -3.06. The molecule has 0 saturated carbocycles. The lowest BCUT2D eigenvalue weighted by Gasteiger charge is -2.13. The zero-order chi connectivity index (χ0) is 18.1. The molecule has 2 heterocycles. The van der Waals surface area contributed by atoms with E-state index in [0.717, 1.165) is 10.2 Å². The lowest BCUT2D eigenvalue weighted by Crippen LogP contribution is -2.31. The van der Waals surface area contributed by atoms with E-state index in [1.165, 1.54) is 16.2 Å². The summed E-state index contributed by atoms with van der Waals surface area (Å²) in [5.74, 6) is -0.768. The molecule has 6 nitrogen and oxygen atoms in total. The van der Waals surface area contributed by atoms with Crippen LogP contribution in [0.25, 0.3) is 10.2 Å². The second kappa shape index (κ2) is 6.68. The van der Waals surface area contributed by atoms with Crippen LogP contribution in [0, 0.1) is 0 Å². The number of anilines is 1. The number of fused-ring (bicyclic) bond motifs is 2. The van der Waals surface area contributed by atoms with Gasteiger partial charge in [0.2, 0.25) is 5.91 Å². The van der Waals surface area contributed by atoms with Crippen LogP contribution in [0.4, 0.5) is 5.13 Å². The van der Waals surface area contributed by atoms with Crippen molar-refractivity contribution in [2.75, 3.05) is 11.9 Å². The molecular formula is C19H15N3O3S. The SMILES string of the molecule is O=C(CCCN1C(=O)c2ccccc2C1=O)Nc1nc2ccccc2s1. The molecule has 1 aromatic heterocycles. The average molecular weight is 365 g/mol. The smallest absolute Gasteiger partial charge is 0.261 e. The fourth-order valence-corrected chi connectivity index (χ4v) is 3.83. The van der Waals surface area contributed by atoms with Crippen molar-refractivity contribution in [3.05, 3.63) is 59.7 Å². The second-order valence-electron chi connectivity index (χ2n) is 5.95. The summed E-state index contributed by atoms with van der Waals surface area (Å²) in [6, 6.07) is 14.4. The van der Waals surface area contributed by atoms with Crippen LogP contribution in [0.5, 0.6) is 0 Å². The standard InChI is InChI=1S/C19H15N3O3S/c23-16(21-19-20-14-8-3-4-9-15(14)26-19)10-5-11-22-17(24)12-6-1-2-7-13(12)18(22)25/h1-4,6-9H,5,10-11H2,(H,20,21,23). The number of nitrogens with one attached hydrogen (secondary N) is 1. The number of benzene rings is 2. The van der Waals surface area contributed by atoms with Crippen molar-refractivity contribution in [3.63, 3.8) is 0 Å². The van der Waals surface area contributed by atoms with Gasteiger partial charge in [0.15, 0.2) is 5.13 Å². The number of amides is 3. The van der Waals surface area contributed by atoms with Gasteiger partial charge in [0.05, 0.1) is 21.3 Å². The lowest BCUT2D eigenvalue weighted by molar-refractivity contribution is -0.116. The zero-order valence-corrected chi connectivity index (χ0v) is 14.6. The summed E-state index contributed by atoms with van der Waals surface area (Å²) in [5, 5.41) is 3.33. The van der Waals surface area contributed by atoms with E-state index in [1.807, 2.05) is 24.3 Å². The monoisotopic (exact) mass is 365 g/mol. The van der Waals surface area contributed by atoms with Crippen molar-refractivity contribution in [3.8, 4) is 0 Å². The first kappa shape index (κ1) is 16.4. The third-order valence-electron chi connectivity index (χ3n) is 4.20. The van der Waals surface area contributed by atoms with E-state index >= 15 is 0 Å². The van der Waals surface area contributed by atoms with Crippen molar-refractivity contribution in [1.82, 2.24) is 9.88 Å². The van der Waals surface area contributed by atoms with Gasteiger partial charge in [0.1, 0.15) is 0 Å². The Bertz CT molecular complexity index is 960. The van der Waals surface area contributed by atoms with Crippen molar-refractivity contribution < 1.29 is 14.4 Å². The third kappa shape index (κ3) is 2.97. The van der Waals surface area contributed by atoms with Gasteiger partial charge in [-0.05, 0) is 30.7 Å². The molecule has 1 N–H and O–H groups in total. The van der Waals surface area contributed by atoms with Gasteiger partial charge in [-0.25, -0.2) is 4.98 Å². The number of para-hydroxylation sites is 1. The van der Waals surface area contributed by atoms with Gasteiger partial charge in [0, 0.05) is 13.0 Å². The number of aromatic nitrogens is 1. The number of thiazole rings is 1. The quantitative estimate of drug-likeness (QED) is 0.704. The number of rotatable bonds is 5. The van der Waals surface area contributed by atoms with Gasteiger partial charge in [-0.1, -0.05) is 35.6 Å². The average Bonchev–Trinajstić information content (AvgIpc) is 3.15. The Morgan fingerprint density at radius 2 is 1.65 bits per heavy atom. The summed E-state index contributed by atoms with van der Waals surface area (Å²) in [6.07, 6.45) is 0.617. The molecule has 130 valence electrons. The van der Waals surface area contributed by atoms with E-state index in [9.17, 15) is 14.4 Å². The fourth-order valence-electron chi connectivity index (χ4n) is 2.95. The largest absolute Gasteiger partial charge is 0.302 e. The van der Waals surface area contributed by atoms with Gasteiger partial charge in [-0.15, -0.1) is 0 Å². The first-order valence-electron chi connectivity index (χ1n) is 8.24. The summed E-state index contributed by atoms with van der Waals surface area (Å²) in [4.78, 5) is 42.2. The zero-order valence-electron chi connectivity index (χ0n) is 13.8. The molecule has 0 fully saturated rings. The number of hydrogen-bond acceptors (Lipinski definition) is 5. The lowest BCUT2D eigenvalue weighted by atomic mass is 10.1. The van der Waals surface area contributed by atoms with Crippen LogP contribution in [-0.2, 0) is 4.79 Å². The Labute approximate surface area is 153 Å². The van der Waals surface area contributed by atoms with Gasteiger partial charge in [-0.3, -0.25) is 19.3 Å². The molecule has 26 heavy (non-hydrogen) atoms. The maximum absolute atomic E-state index is 12.3. The molecule has 0 spiro atoms. The molecule has 1 aliphatic heterocycles. The van der Waals surface area contributed by atoms with E-state index in [1.54, 1.807) is 24.3 Å². The summed E-state index contributed by atoms with van der Waals surface area (Å²) in [6.45, 7) is 0.222. The van der Waals surface area contributed by atoms with E-state index in [0.29, 0.717) is 22.7 Å². The molecule has 0 unspecified atom stereocenters. The Kier molecular flexibility index (Phi) is 4.22. The summed E-state index contributed by atoms with van der Waals surface area (Å²) >= 11 is 1.42.